The van der Waals surface area contributed by atoms with Crippen molar-refractivity contribution < 1.29 is 0 Å². The first-order chi connectivity index (χ1) is 7.81. The van der Waals surface area contributed by atoms with Crippen LogP contribution in [0.4, 0.5) is 0 Å². The van der Waals surface area contributed by atoms with E-state index in [1.807, 2.05) is 24.3 Å². The lowest BCUT2D eigenvalue weighted by Gasteiger charge is -2.00. The van der Waals surface area contributed by atoms with Gasteiger partial charge in [-0.3, -0.25) is 0 Å². The summed E-state index contributed by atoms with van der Waals surface area (Å²) in [5.74, 6) is 0.221. The Morgan fingerprint density at radius 3 is 2.69 bits per heavy atom. The zero-order chi connectivity index (χ0) is 11.4. The van der Waals surface area contributed by atoms with E-state index in [4.69, 9.17) is 11.0 Å². The lowest BCUT2D eigenvalue weighted by atomic mass is 10.1. The van der Waals surface area contributed by atoms with E-state index in [0.29, 0.717) is 0 Å². The molecule has 0 amide bonds. The molecule has 78 valence electrons. The molecule has 3 N–H and O–H groups in total. The third kappa shape index (κ3) is 1.91. The van der Waals surface area contributed by atoms with Crippen LogP contribution in [0.15, 0.2) is 41.8 Å². The topological polar surface area (TPSA) is 90.8 Å². The van der Waals surface area contributed by atoms with Gasteiger partial charge in [-0.05, 0) is 5.56 Å². The molecule has 5 nitrogen and oxygen atoms in total. The van der Waals surface area contributed by atoms with Crippen molar-refractivity contribution in [3.05, 3.63) is 42.4 Å². The number of H-pyrrole nitrogens is 1. The van der Waals surface area contributed by atoms with Gasteiger partial charge in [-0.15, -0.1) is 0 Å². The molecule has 1 aromatic carbocycles. The number of nitrogens with two attached hydrogens (primary N) is 1. The second kappa shape index (κ2) is 4.28. The largest absolute Gasteiger partial charge is 0.383 e. The summed E-state index contributed by atoms with van der Waals surface area (Å²) >= 11 is 0. The number of aromatic nitrogens is 2. The Hall–Kier alpha value is -2.61. The molecule has 2 aromatic rings. The van der Waals surface area contributed by atoms with Gasteiger partial charge in [0.15, 0.2) is 0 Å². The number of aromatic amines is 1. The maximum absolute atomic E-state index is 8.37. The van der Waals surface area contributed by atoms with Gasteiger partial charge >= 0.3 is 0 Å². The molecule has 0 radical (unpaired) electrons. The number of hydrogen-bond acceptors (Lipinski definition) is 3. The monoisotopic (exact) mass is 211 g/mol. The predicted octanol–water partition coefficient (Wildman–Crippen LogP) is 1.26. The van der Waals surface area contributed by atoms with Gasteiger partial charge in [-0.25, -0.2) is 4.98 Å². The van der Waals surface area contributed by atoms with Crippen LogP contribution in [0.1, 0.15) is 5.56 Å². The van der Waals surface area contributed by atoms with Crippen LogP contribution in [0.3, 0.4) is 0 Å². The molecule has 0 saturated heterocycles. The lowest BCUT2D eigenvalue weighted by molar-refractivity contribution is 1.31. The number of amidine groups is 1. The Kier molecular flexibility index (Phi) is 2.65. The van der Waals surface area contributed by atoms with E-state index in [2.05, 4.69) is 15.0 Å². The van der Waals surface area contributed by atoms with Gasteiger partial charge in [0, 0.05) is 5.56 Å². The van der Waals surface area contributed by atoms with Crippen LogP contribution in [0.25, 0.3) is 11.3 Å². The van der Waals surface area contributed by atoms with E-state index >= 15 is 0 Å². The van der Waals surface area contributed by atoms with Crippen LogP contribution in [-0.2, 0) is 0 Å². The third-order valence-corrected chi connectivity index (χ3v) is 2.16. The standard InChI is InChI=1S/C11H9N5/c12-6-15-11(13)9-3-1-8(2-4-9)10-5-14-7-16-10/h1-5,7H,(H2,13,15)(H,14,16). The molecule has 0 aliphatic rings. The molecule has 16 heavy (non-hydrogen) atoms. The first-order valence-electron chi connectivity index (χ1n) is 4.62. The third-order valence-electron chi connectivity index (χ3n) is 2.16. The zero-order valence-corrected chi connectivity index (χ0v) is 8.38. The Morgan fingerprint density at radius 1 is 1.38 bits per heavy atom. The molecule has 0 aliphatic heterocycles. The summed E-state index contributed by atoms with van der Waals surface area (Å²) in [7, 11) is 0. The minimum atomic E-state index is 0.221. The molecule has 0 spiro atoms. The highest BCUT2D eigenvalue weighted by atomic mass is 14.9. The number of rotatable bonds is 2. The first kappa shape index (κ1) is 9.93. The van der Waals surface area contributed by atoms with Crippen LogP contribution < -0.4 is 5.73 Å². The lowest BCUT2D eigenvalue weighted by Crippen LogP contribution is -2.12. The summed E-state index contributed by atoms with van der Waals surface area (Å²) in [5, 5.41) is 8.37. The van der Waals surface area contributed by atoms with Gasteiger partial charge in [-0.1, -0.05) is 24.3 Å². The zero-order valence-electron chi connectivity index (χ0n) is 8.38. The highest BCUT2D eigenvalue weighted by Crippen LogP contribution is 2.16. The fraction of sp³-hybridized carbons (Fsp3) is 0. The Balaban J connectivity index is 2.31. The Labute approximate surface area is 92.3 Å². The number of benzene rings is 1. The summed E-state index contributed by atoms with van der Waals surface area (Å²) in [6.07, 6.45) is 5.01. The minimum Gasteiger partial charge on any atom is -0.383 e. The fourth-order valence-corrected chi connectivity index (χ4v) is 1.35. The van der Waals surface area contributed by atoms with Gasteiger partial charge in [0.1, 0.15) is 5.84 Å². The quantitative estimate of drug-likeness (QED) is 0.445. The smallest absolute Gasteiger partial charge is 0.207 e. The van der Waals surface area contributed by atoms with E-state index in [0.717, 1.165) is 16.8 Å². The number of aliphatic imine (C=N–C) groups is 1. The second-order valence-corrected chi connectivity index (χ2v) is 3.14. The average molecular weight is 211 g/mol. The summed E-state index contributed by atoms with van der Waals surface area (Å²) < 4.78 is 0. The molecule has 0 atom stereocenters. The molecular weight excluding hydrogens is 202 g/mol. The molecule has 1 heterocycles. The van der Waals surface area contributed by atoms with Gasteiger partial charge in [0.25, 0.3) is 0 Å². The summed E-state index contributed by atoms with van der Waals surface area (Å²) in [6, 6.07) is 7.41. The predicted molar refractivity (Wildman–Crippen MR) is 60.4 cm³/mol. The normalized spacial score (nSPS) is 11.1. The molecule has 0 saturated carbocycles. The number of nitrogens with zero attached hydrogens (tertiary/aromatic N) is 3. The maximum Gasteiger partial charge on any atom is 0.207 e. The average Bonchev–Trinajstić information content (AvgIpc) is 2.83. The highest BCUT2D eigenvalue weighted by Gasteiger charge is 2.01. The van der Waals surface area contributed by atoms with Crippen molar-refractivity contribution >= 4 is 5.84 Å². The highest BCUT2D eigenvalue weighted by molar-refractivity contribution is 5.98. The van der Waals surface area contributed by atoms with Crippen LogP contribution in [0.2, 0.25) is 0 Å². The van der Waals surface area contributed by atoms with Crippen molar-refractivity contribution in [1.82, 2.24) is 9.97 Å². The van der Waals surface area contributed by atoms with E-state index < -0.39 is 0 Å². The van der Waals surface area contributed by atoms with Crippen molar-refractivity contribution in [2.24, 2.45) is 10.7 Å². The Morgan fingerprint density at radius 2 is 2.12 bits per heavy atom. The van der Waals surface area contributed by atoms with Crippen molar-refractivity contribution in [3.63, 3.8) is 0 Å². The summed E-state index contributed by atoms with van der Waals surface area (Å²) in [4.78, 5) is 10.4. The SMILES string of the molecule is N#CN=C(N)c1ccc(-c2cnc[nH]2)cc1. The van der Waals surface area contributed by atoms with Crippen molar-refractivity contribution in [1.29, 1.82) is 5.26 Å². The second-order valence-electron chi connectivity index (χ2n) is 3.14. The molecule has 0 aliphatic carbocycles. The number of nitrogens with one attached hydrogen (secondary N) is 1. The molecule has 0 unspecified atom stereocenters. The van der Waals surface area contributed by atoms with Crippen LogP contribution in [0, 0.1) is 11.5 Å². The van der Waals surface area contributed by atoms with Crippen LogP contribution in [0.5, 0.6) is 0 Å². The molecule has 2 rings (SSSR count). The van der Waals surface area contributed by atoms with Crippen LogP contribution in [-0.4, -0.2) is 15.8 Å². The van der Waals surface area contributed by atoms with Gasteiger partial charge < -0.3 is 10.7 Å². The summed E-state index contributed by atoms with van der Waals surface area (Å²) in [5.41, 5.74) is 8.25. The van der Waals surface area contributed by atoms with Gasteiger partial charge in [-0.2, -0.15) is 10.3 Å². The van der Waals surface area contributed by atoms with Crippen molar-refractivity contribution in [3.8, 4) is 17.5 Å². The summed E-state index contributed by atoms with van der Waals surface area (Å²) in [6.45, 7) is 0. The molecular formula is C11H9N5. The number of imidazole rings is 1. The van der Waals surface area contributed by atoms with E-state index in [9.17, 15) is 0 Å². The van der Waals surface area contributed by atoms with Crippen molar-refractivity contribution in [2.45, 2.75) is 0 Å². The number of nitriles is 1. The fourth-order valence-electron chi connectivity index (χ4n) is 1.35. The minimum absolute atomic E-state index is 0.221. The Bertz CT molecular complexity index is 531. The van der Waals surface area contributed by atoms with Gasteiger partial charge in [0.05, 0.1) is 18.2 Å². The number of hydrogen-bond donors (Lipinski definition) is 2. The molecule has 1 aromatic heterocycles. The first-order valence-corrected chi connectivity index (χ1v) is 4.62. The maximum atomic E-state index is 8.37. The van der Waals surface area contributed by atoms with Crippen molar-refractivity contribution in [2.75, 3.05) is 0 Å². The molecule has 5 heteroatoms. The molecule has 0 fully saturated rings. The van der Waals surface area contributed by atoms with Gasteiger partial charge in [0.2, 0.25) is 6.19 Å². The van der Waals surface area contributed by atoms with E-state index in [1.54, 1.807) is 18.7 Å². The van der Waals surface area contributed by atoms with E-state index in [-0.39, 0.29) is 5.84 Å². The van der Waals surface area contributed by atoms with E-state index in [1.165, 1.54) is 0 Å². The van der Waals surface area contributed by atoms with Crippen LogP contribution >= 0.6 is 0 Å². The molecule has 0 bridgehead atoms.